The van der Waals surface area contributed by atoms with Crippen LogP contribution in [0.15, 0.2) is 6.20 Å². The molecular weight excluding hydrogens is 460 g/mol. The number of anilines is 2. The van der Waals surface area contributed by atoms with Crippen LogP contribution >= 0.6 is 0 Å². The zero-order valence-corrected chi connectivity index (χ0v) is 21.8. The van der Waals surface area contributed by atoms with Crippen LogP contribution in [0.3, 0.4) is 0 Å². The Morgan fingerprint density at radius 3 is 2.68 bits per heavy atom. The van der Waals surface area contributed by atoms with E-state index in [0.717, 1.165) is 6.42 Å². The van der Waals surface area contributed by atoms with Gasteiger partial charge in [-0.1, -0.05) is 0 Å². The molecule has 1 aliphatic heterocycles. The molecular formula is C21H36N8O4S. The molecule has 0 saturated carbocycles. The first-order valence-corrected chi connectivity index (χ1v) is 13.1. The normalized spacial score (nSPS) is 16.9. The minimum absolute atomic E-state index is 0.0355. The molecule has 2 N–H and O–H groups in total. The van der Waals surface area contributed by atoms with Gasteiger partial charge in [0.1, 0.15) is 16.6 Å². The van der Waals surface area contributed by atoms with Crippen LogP contribution in [0.5, 0.6) is 0 Å². The van der Waals surface area contributed by atoms with E-state index in [2.05, 4.69) is 25.1 Å². The Balaban J connectivity index is 1.75. The van der Waals surface area contributed by atoms with Gasteiger partial charge in [0.15, 0.2) is 5.82 Å². The molecule has 1 saturated heterocycles. The Kier molecular flexibility index (Phi) is 7.56. The molecule has 12 nitrogen and oxygen atoms in total. The van der Waals surface area contributed by atoms with Crippen LogP contribution in [0.25, 0.3) is 11.0 Å². The molecule has 0 spiro atoms. The maximum absolute atomic E-state index is 12.5. The van der Waals surface area contributed by atoms with Crippen molar-refractivity contribution in [2.24, 2.45) is 7.05 Å². The first-order chi connectivity index (χ1) is 15.8. The molecule has 3 rings (SSSR count). The van der Waals surface area contributed by atoms with Crippen LogP contribution in [0.2, 0.25) is 0 Å². The zero-order valence-electron chi connectivity index (χ0n) is 21.0. The third-order valence-electron chi connectivity index (χ3n) is 5.33. The fourth-order valence-corrected chi connectivity index (χ4v) is 4.98. The predicted octanol–water partition coefficient (Wildman–Crippen LogP) is 1.55. The summed E-state index contributed by atoms with van der Waals surface area (Å²) in [6, 6.07) is -0.201. The summed E-state index contributed by atoms with van der Waals surface area (Å²) in [5.41, 5.74) is 0.790. The van der Waals surface area contributed by atoms with Gasteiger partial charge in [0.05, 0.1) is 18.0 Å². The van der Waals surface area contributed by atoms with E-state index in [0.29, 0.717) is 35.9 Å². The van der Waals surface area contributed by atoms with Gasteiger partial charge >= 0.3 is 6.09 Å². The molecule has 3 heterocycles. The van der Waals surface area contributed by atoms with E-state index in [4.69, 9.17) is 4.74 Å². The van der Waals surface area contributed by atoms with Crippen LogP contribution in [0, 0.1) is 0 Å². The number of aromatic nitrogens is 4. The highest BCUT2D eigenvalue weighted by molar-refractivity contribution is 7.89. The Labute approximate surface area is 201 Å². The van der Waals surface area contributed by atoms with Gasteiger partial charge in [0, 0.05) is 39.8 Å². The summed E-state index contributed by atoms with van der Waals surface area (Å²) in [5.74, 6) is 0.936. The Hall–Kier alpha value is -2.67. The van der Waals surface area contributed by atoms with Crippen LogP contribution < -0.4 is 14.9 Å². The van der Waals surface area contributed by atoms with Crippen molar-refractivity contribution in [3.8, 4) is 0 Å². The number of sulfonamides is 1. The maximum atomic E-state index is 12.5. The minimum Gasteiger partial charge on any atom is -0.444 e. The molecule has 0 radical (unpaired) electrons. The molecule has 0 unspecified atom stereocenters. The van der Waals surface area contributed by atoms with Gasteiger partial charge in [-0.15, -0.1) is 0 Å². The third-order valence-corrected chi connectivity index (χ3v) is 6.90. The van der Waals surface area contributed by atoms with E-state index in [9.17, 15) is 13.2 Å². The zero-order chi connectivity index (χ0) is 25.3. The van der Waals surface area contributed by atoms with Crippen molar-refractivity contribution < 1.29 is 17.9 Å². The van der Waals surface area contributed by atoms with E-state index in [1.807, 2.05) is 25.7 Å². The van der Waals surface area contributed by atoms with Crippen molar-refractivity contribution in [2.45, 2.75) is 58.7 Å². The Morgan fingerprint density at radius 1 is 1.32 bits per heavy atom. The van der Waals surface area contributed by atoms with E-state index in [-0.39, 0.29) is 30.5 Å². The predicted molar refractivity (Wildman–Crippen MR) is 131 cm³/mol. The first-order valence-electron chi connectivity index (χ1n) is 11.4. The highest BCUT2D eigenvalue weighted by Crippen LogP contribution is 2.26. The number of rotatable bonds is 8. The standard InChI is InChI=1S/C21H36N8O4S/c1-14(2)26-34(31,32)11-9-22-18-17-16(12-23-28(17)7)24-19(25-18)29-10-8-15(13-29)27(6)20(30)33-21(3,4)5/h12,14-15,26H,8-11,13H2,1-7H3,(H,22,24,25)/t15-/m0/s1. The number of carbonyl (C=O) groups excluding carboxylic acids is 1. The summed E-state index contributed by atoms with van der Waals surface area (Å²) >= 11 is 0. The second-order valence-electron chi connectivity index (χ2n) is 9.87. The topological polar surface area (TPSA) is 135 Å². The number of carbonyl (C=O) groups is 1. The van der Waals surface area contributed by atoms with Crippen LogP contribution in [-0.2, 0) is 21.8 Å². The molecule has 13 heteroatoms. The second kappa shape index (κ2) is 9.90. The number of hydrogen-bond donors (Lipinski definition) is 2. The SMILES string of the molecule is CC(C)NS(=O)(=O)CCNc1nc(N2CC[C@H](N(C)C(=O)OC(C)(C)C)C2)nc2cnn(C)c12. The molecule has 1 fully saturated rings. The van der Waals surface area contributed by atoms with Crippen molar-refractivity contribution in [3.63, 3.8) is 0 Å². The molecule has 34 heavy (non-hydrogen) atoms. The average Bonchev–Trinajstić information content (AvgIpc) is 3.32. The summed E-state index contributed by atoms with van der Waals surface area (Å²) < 4.78 is 34.1. The summed E-state index contributed by atoms with van der Waals surface area (Å²) in [7, 11) is 0.126. The molecule has 0 bridgehead atoms. The molecule has 2 aromatic rings. The number of ether oxygens (including phenoxy) is 1. The molecule has 190 valence electrons. The Bertz CT molecular complexity index is 1130. The lowest BCUT2D eigenvalue weighted by Crippen LogP contribution is -2.42. The van der Waals surface area contributed by atoms with Crippen molar-refractivity contribution >= 4 is 38.9 Å². The van der Waals surface area contributed by atoms with Gasteiger partial charge in [-0.25, -0.2) is 22.9 Å². The number of nitrogens with zero attached hydrogens (tertiary/aromatic N) is 6. The van der Waals surface area contributed by atoms with Crippen LogP contribution in [0.4, 0.5) is 16.6 Å². The third kappa shape index (κ3) is 6.47. The van der Waals surface area contributed by atoms with E-state index >= 15 is 0 Å². The quantitative estimate of drug-likeness (QED) is 0.558. The second-order valence-corrected chi connectivity index (χ2v) is 11.7. The summed E-state index contributed by atoms with van der Waals surface area (Å²) in [6.45, 7) is 10.5. The van der Waals surface area contributed by atoms with Crippen molar-refractivity contribution in [1.82, 2.24) is 29.4 Å². The molecule has 1 amide bonds. The summed E-state index contributed by atoms with van der Waals surface area (Å²) in [5, 5.41) is 7.42. The van der Waals surface area contributed by atoms with Gasteiger partial charge in [-0.05, 0) is 41.0 Å². The van der Waals surface area contributed by atoms with Gasteiger partial charge in [-0.3, -0.25) is 4.68 Å². The van der Waals surface area contributed by atoms with E-state index in [1.165, 1.54) is 0 Å². The molecule has 1 aliphatic rings. The molecule has 0 aromatic carbocycles. The minimum atomic E-state index is -3.40. The number of amides is 1. The highest BCUT2D eigenvalue weighted by atomic mass is 32.2. The van der Waals surface area contributed by atoms with Crippen molar-refractivity contribution in [1.29, 1.82) is 0 Å². The van der Waals surface area contributed by atoms with Crippen molar-refractivity contribution in [2.75, 3.05) is 42.7 Å². The van der Waals surface area contributed by atoms with Gasteiger partial charge in [-0.2, -0.15) is 10.1 Å². The number of fused-ring (bicyclic) bond motifs is 1. The molecule has 0 aliphatic carbocycles. The van der Waals surface area contributed by atoms with Gasteiger partial charge in [0.25, 0.3) is 0 Å². The molecule has 1 atom stereocenters. The lowest BCUT2D eigenvalue weighted by atomic mass is 10.2. The summed E-state index contributed by atoms with van der Waals surface area (Å²) in [4.78, 5) is 25.5. The number of aryl methyl sites for hydroxylation is 1. The van der Waals surface area contributed by atoms with Gasteiger partial charge in [0.2, 0.25) is 16.0 Å². The average molecular weight is 497 g/mol. The number of likely N-dealkylation sites (N-methyl/N-ethyl adjacent to an activating group) is 1. The van der Waals surface area contributed by atoms with E-state index in [1.54, 1.807) is 43.7 Å². The maximum Gasteiger partial charge on any atom is 0.410 e. The summed E-state index contributed by atoms with van der Waals surface area (Å²) in [6.07, 6.45) is 2.05. The largest absolute Gasteiger partial charge is 0.444 e. The number of hydrogen-bond acceptors (Lipinski definition) is 9. The van der Waals surface area contributed by atoms with Crippen LogP contribution in [-0.4, -0.2) is 89.3 Å². The van der Waals surface area contributed by atoms with Crippen molar-refractivity contribution in [3.05, 3.63) is 6.20 Å². The lowest BCUT2D eigenvalue weighted by molar-refractivity contribution is 0.0237. The lowest BCUT2D eigenvalue weighted by Gasteiger charge is -2.28. The fraction of sp³-hybridized carbons (Fsp3) is 0.714. The Morgan fingerprint density at radius 2 is 2.03 bits per heavy atom. The monoisotopic (exact) mass is 496 g/mol. The van der Waals surface area contributed by atoms with E-state index < -0.39 is 15.6 Å². The smallest absolute Gasteiger partial charge is 0.410 e. The molecule has 2 aromatic heterocycles. The van der Waals surface area contributed by atoms with Gasteiger partial charge < -0.3 is 19.9 Å². The number of nitrogens with one attached hydrogen (secondary N) is 2. The fourth-order valence-electron chi connectivity index (χ4n) is 3.78. The first kappa shape index (κ1) is 25.9. The van der Waals surface area contributed by atoms with Crippen LogP contribution in [0.1, 0.15) is 41.0 Å². The highest BCUT2D eigenvalue weighted by Gasteiger charge is 2.32.